The van der Waals surface area contributed by atoms with Crippen LogP contribution in [0.25, 0.3) is 0 Å². The van der Waals surface area contributed by atoms with Crippen molar-refractivity contribution in [3.63, 3.8) is 0 Å². The number of nitrogens with zero attached hydrogens (tertiary/aromatic N) is 1. The third kappa shape index (κ3) is 5.50. The zero-order chi connectivity index (χ0) is 12.8. The third-order valence-corrected chi connectivity index (χ3v) is 2.61. The van der Waals surface area contributed by atoms with Crippen LogP contribution in [0.15, 0.2) is 12.2 Å². The van der Waals surface area contributed by atoms with Gasteiger partial charge in [-0.3, -0.25) is 4.79 Å². The maximum absolute atomic E-state index is 11.2. The van der Waals surface area contributed by atoms with E-state index >= 15 is 0 Å². The van der Waals surface area contributed by atoms with Gasteiger partial charge >= 0.3 is 5.97 Å². The molecule has 0 fully saturated rings. The summed E-state index contributed by atoms with van der Waals surface area (Å²) in [5.74, 6) is -1.01. The first kappa shape index (κ1) is 14.6. The number of rotatable bonds is 7. The molecule has 0 aromatic rings. The smallest absolute Gasteiger partial charge is 0.359 e. The summed E-state index contributed by atoms with van der Waals surface area (Å²) in [5, 5.41) is 11.5. The molecule has 92 valence electrons. The van der Waals surface area contributed by atoms with E-state index < -0.39 is 5.97 Å². The van der Waals surface area contributed by atoms with Crippen LogP contribution >= 0.6 is 0 Å². The van der Waals surface area contributed by atoms with Gasteiger partial charge in [-0.15, -0.1) is 0 Å². The van der Waals surface area contributed by atoms with Crippen LogP contribution in [0, 0.1) is 0 Å². The van der Waals surface area contributed by atoms with Crippen molar-refractivity contribution in [1.29, 1.82) is 0 Å². The molecule has 0 aromatic heterocycles. The van der Waals surface area contributed by atoms with E-state index in [1.807, 2.05) is 14.0 Å². The fourth-order valence-corrected chi connectivity index (χ4v) is 1.27. The van der Waals surface area contributed by atoms with E-state index in [-0.39, 0.29) is 12.5 Å². The van der Waals surface area contributed by atoms with Crippen LogP contribution in [0.2, 0.25) is 0 Å². The molecule has 0 saturated carbocycles. The topological polar surface area (TPSA) is 66.4 Å². The molecular weight excluding hydrogens is 208 g/mol. The molecule has 0 saturated heterocycles. The Morgan fingerprint density at radius 3 is 2.38 bits per heavy atom. The number of hydrogen-bond acceptors (Lipinski definition) is 2. The van der Waals surface area contributed by atoms with Gasteiger partial charge in [0.15, 0.2) is 6.54 Å². The molecule has 0 aromatic carbocycles. The van der Waals surface area contributed by atoms with Crippen molar-refractivity contribution in [2.45, 2.75) is 13.8 Å². The Bertz CT molecular complexity index is 289. The van der Waals surface area contributed by atoms with Gasteiger partial charge in [0.25, 0.3) is 0 Å². The summed E-state index contributed by atoms with van der Waals surface area (Å²) >= 11 is 0. The van der Waals surface area contributed by atoms with Crippen LogP contribution in [0.1, 0.15) is 13.8 Å². The summed E-state index contributed by atoms with van der Waals surface area (Å²) < 4.78 is 0.409. The number of aliphatic carboxylic acids is 1. The van der Waals surface area contributed by atoms with E-state index in [0.29, 0.717) is 23.1 Å². The van der Waals surface area contributed by atoms with Gasteiger partial charge in [0.2, 0.25) is 5.91 Å². The van der Waals surface area contributed by atoms with E-state index in [1.165, 1.54) is 0 Å². The number of hydrogen-bond donors (Lipinski definition) is 2. The quantitative estimate of drug-likeness (QED) is 0.485. The number of carboxylic acids is 1. The molecule has 0 rings (SSSR count). The average molecular weight is 229 g/mol. The molecule has 16 heavy (non-hydrogen) atoms. The summed E-state index contributed by atoms with van der Waals surface area (Å²) in [5.41, 5.74) is 0.462. The van der Waals surface area contributed by atoms with Gasteiger partial charge in [0.1, 0.15) is 0 Å². The fraction of sp³-hybridized carbons (Fsp3) is 0.636. The van der Waals surface area contributed by atoms with E-state index in [0.717, 1.165) is 6.54 Å². The van der Waals surface area contributed by atoms with Gasteiger partial charge in [0, 0.05) is 5.57 Å². The first-order valence-electron chi connectivity index (χ1n) is 5.30. The maximum Gasteiger partial charge on any atom is 0.359 e. The first-order chi connectivity index (χ1) is 7.30. The molecule has 0 aliphatic heterocycles. The number of carbonyl (C=O) groups is 2. The number of likely N-dealkylation sites (N-methyl/N-ethyl adjacent to an activating group) is 1. The lowest BCUT2D eigenvalue weighted by atomic mass is 10.3. The third-order valence-electron chi connectivity index (χ3n) is 2.61. The monoisotopic (exact) mass is 229 g/mol. The Morgan fingerprint density at radius 1 is 1.44 bits per heavy atom. The highest BCUT2D eigenvalue weighted by atomic mass is 16.4. The largest absolute Gasteiger partial charge is 0.477 e. The lowest BCUT2D eigenvalue weighted by Gasteiger charge is -2.31. The molecule has 0 radical (unpaired) electrons. The van der Waals surface area contributed by atoms with Crippen LogP contribution in [-0.4, -0.2) is 54.7 Å². The van der Waals surface area contributed by atoms with Crippen molar-refractivity contribution in [2.24, 2.45) is 0 Å². The number of quaternary nitrogens is 1. The van der Waals surface area contributed by atoms with Crippen molar-refractivity contribution in [2.75, 3.05) is 33.2 Å². The molecular formula is C11H21N2O3+. The van der Waals surface area contributed by atoms with Gasteiger partial charge in [-0.25, -0.2) is 4.79 Å². The van der Waals surface area contributed by atoms with Crippen molar-refractivity contribution in [3.8, 4) is 0 Å². The molecule has 0 heterocycles. The molecule has 0 aliphatic rings. The second-order valence-electron chi connectivity index (χ2n) is 4.25. The highest BCUT2D eigenvalue weighted by Gasteiger charge is 2.22. The number of amides is 1. The standard InChI is InChI=1S/C11H20N2O3/c1-5-13(4,8-10(14)15)7-6-12-11(16)9(2)3/h2,5-8H2,1,3-4H3,(H-,12,14,15,16)/p+1. The molecule has 1 amide bonds. The summed E-state index contributed by atoms with van der Waals surface area (Å²) in [4.78, 5) is 21.9. The Labute approximate surface area is 96.3 Å². The summed E-state index contributed by atoms with van der Waals surface area (Å²) in [6.07, 6.45) is 0. The van der Waals surface area contributed by atoms with Gasteiger partial charge in [-0.05, 0) is 13.8 Å². The van der Waals surface area contributed by atoms with E-state index in [9.17, 15) is 9.59 Å². The molecule has 0 spiro atoms. The van der Waals surface area contributed by atoms with Crippen LogP contribution < -0.4 is 5.32 Å². The van der Waals surface area contributed by atoms with Crippen molar-refractivity contribution >= 4 is 11.9 Å². The Morgan fingerprint density at radius 2 is 2.00 bits per heavy atom. The highest BCUT2D eigenvalue weighted by molar-refractivity contribution is 5.92. The predicted octanol–water partition coefficient (Wildman–Crippen LogP) is 0.230. The fourth-order valence-electron chi connectivity index (χ4n) is 1.27. The van der Waals surface area contributed by atoms with Crippen molar-refractivity contribution < 1.29 is 19.2 Å². The number of nitrogens with one attached hydrogen (secondary N) is 1. The van der Waals surface area contributed by atoms with Gasteiger partial charge in [-0.2, -0.15) is 0 Å². The minimum absolute atomic E-state index is 0.0689. The SMILES string of the molecule is C=C(C)C(=O)NCC[N+](C)(CC)CC(=O)O. The molecule has 0 aliphatic carbocycles. The minimum Gasteiger partial charge on any atom is -0.477 e. The zero-order valence-electron chi connectivity index (χ0n) is 10.2. The van der Waals surface area contributed by atoms with Crippen molar-refractivity contribution in [3.05, 3.63) is 12.2 Å². The molecule has 2 N–H and O–H groups in total. The van der Waals surface area contributed by atoms with Gasteiger partial charge in [-0.1, -0.05) is 6.58 Å². The molecule has 5 nitrogen and oxygen atoms in total. The molecule has 1 atom stereocenters. The Balaban J connectivity index is 4.09. The average Bonchev–Trinajstić information content (AvgIpc) is 2.16. The van der Waals surface area contributed by atoms with Crippen LogP contribution in [0.5, 0.6) is 0 Å². The maximum atomic E-state index is 11.2. The van der Waals surface area contributed by atoms with Gasteiger partial charge in [0.05, 0.1) is 26.7 Å². The van der Waals surface area contributed by atoms with Crippen LogP contribution in [0.3, 0.4) is 0 Å². The zero-order valence-corrected chi connectivity index (χ0v) is 10.2. The lowest BCUT2D eigenvalue weighted by molar-refractivity contribution is -0.899. The molecule has 5 heteroatoms. The minimum atomic E-state index is -0.824. The summed E-state index contributed by atoms with van der Waals surface area (Å²) in [6, 6.07) is 0. The van der Waals surface area contributed by atoms with Crippen LogP contribution in [-0.2, 0) is 9.59 Å². The van der Waals surface area contributed by atoms with Crippen molar-refractivity contribution in [1.82, 2.24) is 5.32 Å². The number of carboxylic acid groups (broad SMARTS) is 1. The molecule has 0 bridgehead atoms. The summed E-state index contributed by atoms with van der Waals surface area (Å²) in [6.45, 7) is 8.95. The number of carbonyl (C=O) groups excluding carboxylic acids is 1. The Kier molecular flexibility index (Phi) is 5.74. The highest BCUT2D eigenvalue weighted by Crippen LogP contribution is 2.00. The summed E-state index contributed by atoms with van der Waals surface area (Å²) in [7, 11) is 1.86. The van der Waals surface area contributed by atoms with E-state index in [4.69, 9.17) is 5.11 Å². The first-order valence-corrected chi connectivity index (χ1v) is 5.30. The lowest BCUT2D eigenvalue weighted by Crippen LogP contribution is -2.51. The molecule has 1 unspecified atom stereocenters. The van der Waals surface area contributed by atoms with E-state index in [1.54, 1.807) is 6.92 Å². The van der Waals surface area contributed by atoms with Crippen LogP contribution in [0.4, 0.5) is 0 Å². The predicted molar refractivity (Wildman–Crippen MR) is 61.9 cm³/mol. The van der Waals surface area contributed by atoms with Gasteiger partial charge < -0.3 is 14.9 Å². The van der Waals surface area contributed by atoms with E-state index in [2.05, 4.69) is 11.9 Å². The second-order valence-corrected chi connectivity index (χ2v) is 4.25. The Hall–Kier alpha value is -1.36. The normalized spacial score (nSPS) is 13.9. The second kappa shape index (κ2) is 6.27.